The first-order valence-corrected chi connectivity index (χ1v) is 9.66. The van der Waals surface area contributed by atoms with Gasteiger partial charge in [-0.05, 0) is 55.2 Å². The molecule has 0 saturated heterocycles. The third kappa shape index (κ3) is 4.59. The maximum absolute atomic E-state index is 12.4. The number of rotatable bonds is 6. The zero-order valence-electron chi connectivity index (χ0n) is 17.2. The van der Waals surface area contributed by atoms with Crippen LogP contribution in [0, 0.1) is 13.8 Å². The summed E-state index contributed by atoms with van der Waals surface area (Å²) in [4.78, 5) is 24.6. The lowest BCUT2D eigenvalue weighted by atomic mass is 9.94. The van der Waals surface area contributed by atoms with Crippen molar-refractivity contribution in [3.05, 3.63) is 70.4 Å². The van der Waals surface area contributed by atoms with E-state index in [9.17, 15) is 9.59 Å². The van der Waals surface area contributed by atoms with Gasteiger partial charge in [-0.15, -0.1) is 0 Å². The van der Waals surface area contributed by atoms with E-state index < -0.39 is 12.0 Å². The predicted molar refractivity (Wildman–Crippen MR) is 111 cm³/mol. The molecule has 2 N–H and O–H groups in total. The highest BCUT2D eigenvalue weighted by molar-refractivity contribution is 5.95. The van der Waals surface area contributed by atoms with Crippen molar-refractivity contribution in [2.45, 2.75) is 39.7 Å². The number of esters is 1. The number of carbonyl (C=O) groups is 2. The summed E-state index contributed by atoms with van der Waals surface area (Å²) in [7, 11) is 1.34. The van der Waals surface area contributed by atoms with Crippen molar-refractivity contribution in [2.24, 2.45) is 0 Å². The lowest BCUT2D eigenvalue weighted by Crippen LogP contribution is -2.45. The van der Waals surface area contributed by atoms with Crippen LogP contribution in [0.3, 0.4) is 0 Å². The number of hydrogen-bond acceptors (Lipinski definition) is 4. The van der Waals surface area contributed by atoms with Crippen LogP contribution in [0.1, 0.15) is 42.5 Å². The molecular formula is C23H26N2O4. The average Bonchev–Trinajstić information content (AvgIpc) is 2.70. The van der Waals surface area contributed by atoms with Gasteiger partial charge in [-0.1, -0.05) is 37.6 Å². The van der Waals surface area contributed by atoms with Gasteiger partial charge in [-0.25, -0.2) is 9.59 Å². The van der Waals surface area contributed by atoms with Crippen molar-refractivity contribution in [1.29, 1.82) is 0 Å². The molecule has 2 aromatic carbocycles. The number of carbonyl (C=O) groups excluding carboxylic acids is 2. The van der Waals surface area contributed by atoms with Crippen molar-refractivity contribution in [3.63, 3.8) is 0 Å². The van der Waals surface area contributed by atoms with Crippen LogP contribution in [0.25, 0.3) is 0 Å². The molecule has 1 atom stereocenters. The summed E-state index contributed by atoms with van der Waals surface area (Å²) in [6, 6.07) is 12.5. The maximum Gasteiger partial charge on any atom is 0.337 e. The molecule has 29 heavy (non-hydrogen) atoms. The van der Waals surface area contributed by atoms with E-state index in [-0.39, 0.29) is 6.03 Å². The summed E-state index contributed by atoms with van der Waals surface area (Å²) in [5.74, 6) is 1.02. The summed E-state index contributed by atoms with van der Waals surface area (Å²) in [6.07, 6.45) is 1.38. The average molecular weight is 394 g/mol. The maximum atomic E-state index is 12.4. The van der Waals surface area contributed by atoms with E-state index in [2.05, 4.69) is 10.6 Å². The van der Waals surface area contributed by atoms with Crippen LogP contribution >= 0.6 is 0 Å². The first-order valence-electron chi connectivity index (χ1n) is 9.66. The first kappa shape index (κ1) is 20.5. The molecule has 2 amide bonds. The Morgan fingerprint density at radius 1 is 1.10 bits per heavy atom. The largest absolute Gasteiger partial charge is 0.466 e. The predicted octanol–water partition coefficient (Wildman–Crippen LogP) is 4.68. The number of amides is 2. The molecule has 0 aliphatic carbocycles. The van der Waals surface area contributed by atoms with E-state index in [0.29, 0.717) is 23.4 Å². The minimum absolute atomic E-state index is 0.332. The van der Waals surface area contributed by atoms with Gasteiger partial charge in [0.15, 0.2) is 0 Å². The van der Waals surface area contributed by atoms with Gasteiger partial charge in [0.1, 0.15) is 11.5 Å². The molecular weight excluding hydrogens is 368 g/mol. The van der Waals surface area contributed by atoms with E-state index in [0.717, 1.165) is 28.9 Å². The first-order chi connectivity index (χ1) is 13.9. The van der Waals surface area contributed by atoms with Crippen LogP contribution in [0.5, 0.6) is 11.5 Å². The monoisotopic (exact) mass is 394 g/mol. The number of aryl methyl sites for hydroxylation is 2. The third-order valence-corrected chi connectivity index (χ3v) is 4.84. The Hall–Kier alpha value is -3.28. The van der Waals surface area contributed by atoms with Gasteiger partial charge in [-0.3, -0.25) is 0 Å². The Labute approximate surface area is 170 Å². The molecule has 0 saturated carbocycles. The Kier molecular flexibility index (Phi) is 6.22. The number of ether oxygens (including phenoxy) is 2. The fourth-order valence-electron chi connectivity index (χ4n) is 3.34. The number of nitrogens with one attached hydrogen (secondary N) is 2. The second-order valence-electron chi connectivity index (χ2n) is 7.11. The Bertz CT molecular complexity index is 948. The summed E-state index contributed by atoms with van der Waals surface area (Å²) >= 11 is 0. The number of methoxy groups -OCH3 is 1. The van der Waals surface area contributed by atoms with Crippen LogP contribution in [-0.4, -0.2) is 19.1 Å². The molecule has 0 aromatic heterocycles. The van der Waals surface area contributed by atoms with Crippen LogP contribution in [0.15, 0.2) is 53.7 Å². The second kappa shape index (κ2) is 8.82. The highest BCUT2D eigenvalue weighted by Gasteiger charge is 2.33. The van der Waals surface area contributed by atoms with Gasteiger partial charge >= 0.3 is 12.0 Å². The molecule has 3 rings (SSSR count). The lowest BCUT2D eigenvalue weighted by molar-refractivity contribution is -0.136. The molecule has 1 unspecified atom stereocenters. The Morgan fingerprint density at radius 2 is 1.83 bits per heavy atom. The SMILES string of the molecule is CCCC1=C(C(=O)OC)C(c2ccc(Oc3cc(C)ccc3C)cc2)NC(=O)N1. The summed E-state index contributed by atoms with van der Waals surface area (Å²) in [5.41, 5.74) is 3.98. The van der Waals surface area contributed by atoms with Crippen molar-refractivity contribution in [1.82, 2.24) is 10.6 Å². The van der Waals surface area contributed by atoms with Crippen molar-refractivity contribution in [2.75, 3.05) is 7.11 Å². The molecule has 6 nitrogen and oxygen atoms in total. The molecule has 2 aromatic rings. The van der Waals surface area contributed by atoms with E-state index in [1.807, 2.05) is 63.2 Å². The summed E-state index contributed by atoms with van der Waals surface area (Å²) in [5, 5.41) is 5.56. The topological polar surface area (TPSA) is 76.7 Å². The number of benzene rings is 2. The van der Waals surface area contributed by atoms with Crippen molar-refractivity contribution < 1.29 is 19.1 Å². The minimum Gasteiger partial charge on any atom is -0.466 e. The molecule has 152 valence electrons. The molecule has 0 bridgehead atoms. The molecule has 1 heterocycles. The molecule has 0 radical (unpaired) electrons. The highest BCUT2D eigenvalue weighted by Crippen LogP contribution is 2.32. The number of hydrogen-bond donors (Lipinski definition) is 2. The van der Waals surface area contributed by atoms with Crippen LogP contribution in [0.2, 0.25) is 0 Å². The normalized spacial score (nSPS) is 16.1. The minimum atomic E-state index is -0.576. The fourth-order valence-corrected chi connectivity index (χ4v) is 3.34. The highest BCUT2D eigenvalue weighted by atomic mass is 16.5. The van der Waals surface area contributed by atoms with E-state index in [1.54, 1.807) is 0 Å². The molecule has 1 aliphatic rings. The van der Waals surface area contributed by atoms with E-state index in [4.69, 9.17) is 9.47 Å². The Morgan fingerprint density at radius 3 is 2.48 bits per heavy atom. The fraction of sp³-hybridized carbons (Fsp3) is 0.304. The van der Waals surface area contributed by atoms with Crippen molar-refractivity contribution >= 4 is 12.0 Å². The van der Waals surface area contributed by atoms with Gasteiger partial charge in [-0.2, -0.15) is 0 Å². The molecule has 6 heteroatoms. The van der Waals surface area contributed by atoms with Gasteiger partial charge in [0.05, 0.1) is 18.7 Å². The molecule has 0 spiro atoms. The Balaban J connectivity index is 1.90. The van der Waals surface area contributed by atoms with E-state index in [1.165, 1.54) is 7.11 Å². The van der Waals surface area contributed by atoms with Gasteiger partial charge in [0.25, 0.3) is 0 Å². The standard InChI is InChI=1S/C23H26N2O4/c1-5-6-18-20(22(26)28-4)21(25-23(27)24-18)16-9-11-17(12-10-16)29-19-13-14(2)7-8-15(19)3/h7-13,21H,5-6H2,1-4H3,(H2,24,25,27). The van der Waals surface area contributed by atoms with E-state index >= 15 is 0 Å². The number of urea groups is 1. The smallest absolute Gasteiger partial charge is 0.337 e. The van der Waals surface area contributed by atoms with Gasteiger partial charge in [0.2, 0.25) is 0 Å². The van der Waals surface area contributed by atoms with Crippen molar-refractivity contribution in [3.8, 4) is 11.5 Å². The lowest BCUT2D eigenvalue weighted by Gasteiger charge is -2.29. The zero-order chi connectivity index (χ0) is 21.0. The number of allylic oxidation sites excluding steroid dienone is 1. The van der Waals surface area contributed by atoms with Gasteiger partial charge < -0.3 is 20.1 Å². The van der Waals surface area contributed by atoms with Crippen LogP contribution in [0.4, 0.5) is 4.79 Å². The van der Waals surface area contributed by atoms with Crippen LogP contribution < -0.4 is 15.4 Å². The quantitative estimate of drug-likeness (QED) is 0.698. The molecule has 1 aliphatic heterocycles. The third-order valence-electron chi connectivity index (χ3n) is 4.84. The van der Waals surface area contributed by atoms with Gasteiger partial charge in [0, 0.05) is 5.70 Å². The summed E-state index contributed by atoms with van der Waals surface area (Å²) in [6.45, 7) is 6.00. The summed E-state index contributed by atoms with van der Waals surface area (Å²) < 4.78 is 11.0. The van der Waals surface area contributed by atoms with Crippen LogP contribution in [-0.2, 0) is 9.53 Å². The zero-order valence-corrected chi connectivity index (χ0v) is 17.2. The second-order valence-corrected chi connectivity index (χ2v) is 7.11. The molecule has 0 fully saturated rings.